The quantitative estimate of drug-likeness (QED) is 0.727. The van der Waals surface area contributed by atoms with Crippen molar-refractivity contribution in [2.75, 3.05) is 19.8 Å². The predicted octanol–water partition coefficient (Wildman–Crippen LogP) is 2.59. The van der Waals surface area contributed by atoms with Crippen LogP contribution in [-0.2, 0) is 9.47 Å². The van der Waals surface area contributed by atoms with Crippen LogP contribution in [-0.4, -0.2) is 37.5 Å². The zero-order valence-corrected chi connectivity index (χ0v) is 12.3. The van der Waals surface area contributed by atoms with Gasteiger partial charge in [-0.2, -0.15) is 0 Å². The molecule has 1 aliphatic rings. The van der Waals surface area contributed by atoms with Crippen LogP contribution < -0.4 is 5.32 Å². The van der Waals surface area contributed by atoms with Crippen LogP contribution in [0.3, 0.4) is 0 Å². The molecule has 1 fully saturated rings. The van der Waals surface area contributed by atoms with Crippen LogP contribution in [0.1, 0.15) is 48.0 Å². The van der Waals surface area contributed by atoms with Crippen LogP contribution in [0.5, 0.6) is 0 Å². The van der Waals surface area contributed by atoms with Crippen molar-refractivity contribution in [1.29, 1.82) is 0 Å². The maximum Gasteiger partial charge on any atom is 0.0655 e. The first kappa shape index (κ1) is 14.9. The molecule has 0 bridgehead atoms. The van der Waals surface area contributed by atoms with Gasteiger partial charge in [-0.05, 0) is 34.1 Å². The second kappa shape index (κ2) is 5.68. The monoisotopic (exact) mass is 243 g/mol. The SMILES string of the molecule is CCOC1CC(NCCOC(C)(C)C)C1(C)C. The fourth-order valence-electron chi connectivity index (χ4n) is 2.31. The molecule has 3 nitrogen and oxygen atoms in total. The van der Waals surface area contributed by atoms with E-state index in [0.29, 0.717) is 12.1 Å². The normalized spacial score (nSPS) is 27.9. The molecule has 3 heteroatoms. The predicted molar refractivity (Wildman–Crippen MR) is 71.3 cm³/mol. The highest BCUT2D eigenvalue weighted by molar-refractivity contribution is 5.02. The van der Waals surface area contributed by atoms with Crippen molar-refractivity contribution in [1.82, 2.24) is 5.32 Å². The lowest BCUT2D eigenvalue weighted by atomic mass is 9.64. The van der Waals surface area contributed by atoms with Crippen LogP contribution >= 0.6 is 0 Å². The fourth-order valence-corrected chi connectivity index (χ4v) is 2.31. The molecule has 0 aromatic rings. The molecule has 1 rings (SSSR count). The Balaban J connectivity index is 2.18. The van der Waals surface area contributed by atoms with Gasteiger partial charge in [0.25, 0.3) is 0 Å². The van der Waals surface area contributed by atoms with Gasteiger partial charge < -0.3 is 14.8 Å². The zero-order valence-electron chi connectivity index (χ0n) is 12.3. The Hall–Kier alpha value is -0.120. The smallest absolute Gasteiger partial charge is 0.0655 e. The van der Waals surface area contributed by atoms with Gasteiger partial charge in [-0.15, -0.1) is 0 Å². The standard InChI is InChI=1S/C14H29NO2/c1-7-16-12-10-11(14(12,5)6)15-8-9-17-13(2,3)4/h11-12,15H,7-10H2,1-6H3. The van der Waals surface area contributed by atoms with Crippen molar-refractivity contribution in [2.45, 2.75) is 65.7 Å². The van der Waals surface area contributed by atoms with Crippen molar-refractivity contribution in [2.24, 2.45) is 5.41 Å². The van der Waals surface area contributed by atoms with Gasteiger partial charge in [0.1, 0.15) is 0 Å². The van der Waals surface area contributed by atoms with E-state index in [1.54, 1.807) is 0 Å². The topological polar surface area (TPSA) is 30.5 Å². The van der Waals surface area contributed by atoms with E-state index in [4.69, 9.17) is 9.47 Å². The number of nitrogens with one attached hydrogen (secondary N) is 1. The Bertz CT molecular complexity index is 233. The molecule has 1 saturated carbocycles. The first-order valence-electron chi connectivity index (χ1n) is 6.76. The average molecular weight is 243 g/mol. The van der Waals surface area contributed by atoms with E-state index in [1.807, 2.05) is 0 Å². The highest BCUT2D eigenvalue weighted by atomic mass is 16.5. The Morgan fingerprint density at radius 3 is 2.41 bits per heavy atom. The summed E-state index contributed by atoms with van der Waals surface area (Å²) in [5.74, 6) is 0. The highest BCUT2D eigenvalue weighted by Crippen LogP contribution is 2.42. The van der Waals surface area contributed by atoms with E-state index in [1.165, 1.54) is 0 Å². The molecule has 1 aliphatic carbocycles. The molecule has 0 aromatic heterocycles. The molecule has 2 unspecified atom stereocenters. The molecule has 102 valence electrons. The summed E-state index contributed by atoms with van der Waals surface area (Å²) >= 11 is 0. The molecule has 0 saturated heterocycles. The highest BCUT2D eigenvalue weighted by Gasteiger charge is 2.48. The summed E-state index contributed by atoms with van der Waals surface area (Å²) in [4.78, 5) is 0. The molecule has 0 radical (unpaired) electrons. The van der Waals surface area contributed by atoms with Crippen molar-refractivity contribution < 1.29 is 9.47 Å². The molecule has 0 aliphatic heterocycles. The van der Waals surface area contributed by atoms with Crippen LogP contribution in [0.25, 0.3) is 0 Å². The summed E-state index contributed by atoms with van der Waals surface area (Å²) in [5, 5.41) is 3.57. The van der Waals surface area contributed by atoms with E-state index in [2.05, 4.69) is 46.9 Å². The second-order valence-electron chi connectivity index (χ2n) is 6.47. The maximum atomic E-state index is 5.71. The maximum absolute atomic E-state index is 5.71. The van der Waals surface area contributed by atoms with Crippen LogP contribution in [0.15, 0.2) is 0 Å². The summed E-state index contributed by atoms with van der Waals surface area (Å²) in [7, 11) is 0. The minimum absolute atomic E-state index is 0.0370. The van der Waals surface area contributed by atoms with Crippen molar-refractivity contribution in [3.8, 4) is 0 Å². The molecule has 2 atom stereocenters. The van der Waals surface area contributed by atoms with Crippen molar-refractivity contribution in [3.05, 3.63) is 0 Å². The number of ether oxygens (including phenoxy) is 2. The molecule has 0 aromatic carbocycles. The van der Waals surface area contributed by atoms with Gasteiger partial charge >= 0.3 is 0 Å². The van der Waals surface area contributed by atoms with Gasteiger partial charge in [-0.25, -0.2) is 0 Å². The minimum Gasteiger partial charge on any atom is -0.378 e. The summed E-state index contributed by atoms with van der Waals surface area (Å²) in [5.41, 5.74) is 0.211. The lowest BCUT2D eigenvalue weighted by Gasteiger charge is -2.52. The molecule has 0 spiro atoms. The first-order chi connectivity index (χ1) is 7.77. The molecular weight excluding hydrogens is 214 g/mol. The van der Waals surface area contributed by atoms with Gasteiger partial charge in [0, 0.05) is 24.6 Å². The number of hydrogen-bond donors (Lipinski definition) is 1. The summed E-state index contributed by atoms with van der Waals surface area (Å²) in [6.45, 7) is 15.4. The largest absolute Gasteiger partial charge is 0.378 e. The van der Waals surface area contributed by atoms with Crippen LogP contribution in [0.2, 0.25) is 0 Å². The average Bonchev–Trinajstić information content (AvgIpc) is 2.19. The first-order valence-corrected chi connectivity index (χ1v) is 6.76. The Morgan fingerprint density at radius 2 is 1.94 bits per heavy atom. The Morgan fingerprint density at radius 1 is 1.29 bits per heavy atom. The zero-order chi connectivity index (χ0) is 13.1. The Labute approximate surface area is 106 Å². The van der Waals surface area contributed by atoms with Crippen molar-refractivity contribution >= 4 is 0 Å². The van der Waals surface area contributed by atoms with Gasteiger partial charge in [-0.1, -0.05) is 13.8 Å². The number of rotatable bonds is 6. The van der Waals surface area contributed by atoms with Gasteiger partial charge in [0.2, 0.25) is 0 Å². The Kier molecular flexibility index (Phi) is 4.99. The summed E-state index contributed by atoms with van der Waals surface area (Å²) < 4.78 is 11.4. The third-order valence-electron chi connectivity index (χ3n) is 3.57. The minimum atomic E-state index is -0.0370. The van der Waals surface area contributed by atoms with Gasteiger partial charge in [-0.3, -0.25) is 0 Å². The van der Waals surface area contributed by atoms with E-state index in [0.717, 1.165) is 26.2 Å². The van der Waals surface area contributed by atoms with E-state index >= 15 is 0 Å². The lowest BCUT2D eigenvalue weighted by Crippen LogP contribution is -2.61. The molecule has 0 heterocycles. The second-order valence-corrected chi connectivity index (χ2v) is 6.47. The van der Waals surface area contributed by atoms with Gasteiger partial charge in [0.05, 0.1) is 18.3 Å². The third-order valence-corrected chi connectivity index (χ3v) is 3.57. The third kappa shape index (κ3) is 4.23. The van der Waals surface area contributed by atoms with Gasteiger partial charge in [0.15, 0.2) is 0 Å². The molecule has 0 amide bonds. The summed E-state index contributed by atoms with van der Waals surface area (Å²) in [6, 6.07) is 0.558. The molecular formula is C14H29NO2. The van der Waals surface area contributed by atoms with E-state index in [9.17, 15) is 0 Å². The fraction of sp³-hybridized carbons (Fsp3) is 1.00. The molecule has 1 N–H and O–H groups in total. The van der Waals surface area contributed by atoms with E-state index < -0.39 is 0 Å². The van der Waals surface area contributed by atoms with Crippen molar-refractivity contribution in [3.63, 3.8) is 0 Å². The van der Waals surface area contributed by atoms with Crippen LogP contribution in [0.4, 0.5) is 0 Å². The lowest BCUT2D eigenvalue weighted by molar-refractivity contribution is -0.115. The van der Waals surface area contributed by atoms with Crippen LogP contribution in [0, 0.1) is 5.41 Å². The summed E-state index contributed by atoms with van der Waals surface area (Å²) in [6.07, 6.45) is 1.53. The molecule has 17 heavy (non-hydrogen) atoms. The number of hydrogen-bond acceptors (Lipinski definition) is 3. The van der Waals surface area contributed by atoms with E-state index in [-0.39, 0.29) is 11.0 Å².